The quantitative estimate of drug-likeness (QED) is 0.506. The van der Waals surface area contributed by atoms with Gasteiger partial charge in [-0.25, -0.2) is 0 Å². The van der Waals surface area contributed by atoms with Gasteiger partial charge in [-0.05, 0) is 17.8 Å². The van der Waals surface area contributed by atoms with E-state index in [9.17, 15) is 4.79 Å². The standard InChI is InChI=1S/C11H10O3/c12-11-6-1-2-4-3(1)10(14-11)7-5(6)8(2)13-9(4)7/h1-10H/t1-,2-,3-,4+,5-,6+,7+,8-,9+,10+/m1/s1. The summed E-state index contributed by atoms with van der Waals surface area (Å²) in [5, 5.41) is 0. The zero-order valence-electron chi connectivity index (χ0n) is 7.50. The van der Waals surface area contributed by atoms with Crippen LogP contribution in [0.5, 0.6) is 0 Å². The predicted molar refractivity (Wildman–Crippen MR) is 43.0 cm³/mol. The molecular weight excluding hydrogens is 180 g/mol. The van der Waals surface area contributed by atoms with E-state index in [-0.39, 0.29) is 18.0 Å². The fraction of sp³-hybridized carbons (Fsp3) is 0.909. The molecule has 4 heterocycles. The summed E-state index contributed by atoms with van der Waals surface area (Å²) in [4.78, 5) is 11.7. The lowest BCUT2D eigenvalue weighted by atomic mass is 9.55. The van der Waals surface area contributed by atoms with Crippen LogP contribution in [0.3, 0.4) is 0 Å². The fourth-order valence-electron chi connectivity index (χ4n) is 6.22. The van der Waals surface area contributed by atoms with Crippen molar-refractivity contribution in [1.82, 2.24) is 0 Å². The molecule has 0 aromatic carbocycles. The Morgan fingerprint density at radius 2 is 1.50 bits per heavy atom. The van der Waals surface area contributed by atoms with Gasteiger partial charge in [-0.2, -0.15) is 0 Å². The summed E-state index contributed by atoms with van der Waals surface area (Å²) in [5.41, 5.74) is 0. The molecule has 14 heavy (non-hydrogen) atoms. The third-order valence-corrected chi connectivity index (χ3v) is 6.17. The van der Waals surface area contributed by atoms with Gasteiger partial charge < -0.3 is 9.47 Å². The summed E-state index contributed by atoms with van der Waals surface area (Å²) in [5.74, 6) is 4.45. The molecule has 4 bridgehead atoms. The second-order valence-corrected chi connectivity index (χ2v) is 5.96. The molecule has 4 saturated heterocycles. The number of ether oxygens (including phenoxy) is 2. The van der Waals surface area contributed by atoms with Crippen molar-refractivity contribution >= 4 is 5.97 Å². The topological polar surface area (TPSA) is 35.5 Å². The lowest BCUT2D eigenvalue weighted by Gasteiger charge is -2.52. The highest BCUT2D eigenvalue weighted by molar-refractivity contribution is 5.78. The molecule has 0 amide bonds. The van der Waals surface area contributed by atoms with Crippen molar-refractivity contribution in [3.63, 3.8) is 0 Å². The first-order valence-electron chi connectivity index (χ1n) is 5.74. The Bertz CT molecular complexity index is 403. The maximum atomic E-state index is 11.7. The van der Waals surface area contributed by atoms with Crippen molar-refractivity contribution in [3.05, 3.63) is 0 Å². The van der Waals surface area contributed by atoms with E-state index in [1.165, 1.54) is 0 Å². The number of hydrogen-bond donors (Lipinski definition) is 0. The lowest BCUT2D eigenvalue weighted by molar-refractivity contribution is -0.202. The van der Waals surface area contributed by atoms with Crippen LogP contribution in [0.1, 0.15) is 0 Å². The zero-order valence-corrected chi connectivity index (χ0v) is 7.50. The Morgan fingerprint density at radius 1 is 0.786 bits per heavy atom. The molecule has 72 valence electrons. The first kappa shape index (κ1) is 6.11. The minimum atomic E-state index is 0.106. The molecule has 0 unspecified atom stereocenters. The van der Waals surface area contributed by atoms with Crippen LogP contribution in [0.4, 0.5) is 0 Å². The third kappa shape index (κ3) is 0.309. The SMILES string of the molecule is O=C1O[C@@H]2[C@@H]3[C@H]4O[C@@H]5[C@H]6[C@H]4[C@H]2[C@@H]6[C@H]1[C@@H]53. The van der Waals surface area contributed by atoms with Crippen molar-refractivity contribution in [2.75, 3.05) is 0 Å². The van der Waals surface area contributed by atoms with Crippen LogP contribution in [0.15, 0.2) is 0 Å². The molecule has 3 aliphatic carbocycles. The Balaban J connectivity index is 1.76. The van der Waals surface area contributed by atoms with E-state index in [1.807, 2.05) is 0 Å². The highest BCUT2D eigenvalue weighted by Crippen LogP contribution is 2.82. The number of fused-ring (bicyclic) bond motifs is 1. The number of carbonyl (C=O) groups excluding carboxylic acids is 1. The number of esters is 1. The summed E-state index contributed by atoms with van der Waals surface area (Å²) >= 11 is 0. The van der Waals surface area contributed by atoms with Gasteiger partial charge in [-0.3, -0.25) is 4.79 Å². The van der Waals surface area contributed by atoms with E-state index in [1.54, 1.807) is 0 Å². The highest BCUT2D eigenvalue weighted by atomic mass is 16.6. The minimum Gasteiger partial charge on any atom is -0.461 e. The smallest absolute Gasteiger partial charge is 0.309 e. The molecule has 0 aromatic heterocycles. The predicted octanol–water partition coefficient (Wildman–Crippen LogP) is 0.0470. The van der Waals surface area contributed by atoms with E-state index >= 15 is 0 Å². The maximum Gasteiger partial charge on any atom is 0.309 e. The summed E-state index contributed by atoms with van der Waals surface area (Å²) in [6, 6.07) is 0. The first-order valence-corrected chi connectivity index (χ1v) is 5.74. The van der Waals surface area contributed by atoms with Crippen LogP contribution in [0, 0.1) is 41.4 Å². The normalized spacial score (nSPS) is 82.7. The summed E-state index contributed by atoms with van der Waals surface area (Å²) in [6.45, 7) is 0. The third-order valence-electron chi connectivity index (χ3n) is 6.17. The number of rotatable bonds is 0. The summed E-state index contributed by atoms with van der Waals surface area (Å²) < 4.78 is 11.6. The molecule has 7 rings (SSSR count). The Labute approximate surface area is 80.7 Å². The minimum absolute atomic E-state index is 0.106. The number of hydrogen-bond acceptors (Lipinski definition) is 3. The second-order valence-electron chi connectivity index (χ2n) is 5.96. The van der Waals surface area contributed by atoms with Crippen molar-refractivity contribution in [2.24, 2.45) is 41.4 Å². The Hall–Kier alpha value is -0.570. The molecule has 3 heteroatoms. The lowest BCUT2D eigenvalue weighted by Crippen LogP contribution is -2.58. The molecule has 3 saturated carbocycles. The van der Waals surface area contributed by atoms with Gasteiger partial charge in [-0.1, -0.05) is 0 Å². The van der Waals surface area contributed by atoms with E-state index in [4.69, 9.17) is 9.47 Å². The molecule has 4 aliphatic heterocycles. The van der Waals surface area contributed by atoms with Crippen molar-refractivity contribution in [2.45, 2.75) is 18.3 Å². The molecule has 7 fully saturated rings. The van der Waals surface area contributed by atoms with Crippen molar-refractivity contribution in [1.29, 1.82) is 0 Å². The van der Waals surface area contributed by atoms with Crippen molar-refractivity contribution < 1.29 is 14.3 Å². The van der Waals surface area contributed by atoms with E-state index < -0.39 is 0 Å². The number of carbonyl (C=O) groups is 1. The molecule has 0 spiro atoms. The van der Waals surface area contributed by atoms with Crippen LogP contribution in [-0.4, -0.2) is 24.3 Å². The monoisotopic (exact) mass is 190 g/mol. The molecular formula is C11H10O3. The van der Waals surface area contributed by atoms with Crippen LogP contribution < -0.4 is 0 Å². The van der Waals surface area contributed by atoms with Gasteiger partial charge in [0.15, 0.2) is 0 Å². The van der Waals surface area contributed by atoms with Crippen LogP contribution in [-0.2, 0) is 14.3 Å². The van der Waals surface area contributed by atoms with Gasteiger partial charge in [-0.15, -0.1) is 0 Å². The Morgan fingerprint density at radius 3 is 2.43 bits per heavy atom. The van der Waals surface area contributed by atoms with Gasteiger partial charge in [0.25, 0.3) is 0 Å². The molecule has 0 N–H and O–H groups in total. The van der Waals surface area contributed by atoms with E-state index in [2.05, 4.69) is 0 Å². The van der Waals surface area contributed by atoms with Gasteiger partial charge >= 0.3 is 5.97 Å². The fourth-order valence-corrected chi connectivity index (χ4v) is 6.22. The van der Waals surface area contributed by atoms with Crippen LogP contribution in [0.25, 0.3) is 0 Å². The Kier molecular flexibility index (Phi) is 0.598. The van der Waals surface area contributed by atoms with Crippen molar-refractivity contribution in [3.8, 4) is 0 Å². The van der Waals surface area contributed by atoms with Crippen LogP contribution >= 0.6 is 0 Å². The molecule has 3 nitrogen and oxygen atoms in total. The van der Waals surface area contributed by atoms with Gasteiger partial charge in [0.05, 0.1) is 18.1 Å². The average Bonchev–Trinajstić information content (AvgIpc) is 2.64. The molecule has 0 radical (unpaired) electrons. The highest BCUT2D eigenvalue weighted by Gasteiger charge is 2.88. The van der Waals surface area contributed by atoms with Crippen LogP contribution in [0.2, 0.25) is 0 Å². The zero-order chi connectivity index (χ0) is 8.77. The average molecular weight is 190 g/mol. The molecule has 0 aromatic rings. The summed E-state index contributed by atoms with van der Waals surface area (Å²) in [6.07, 6.45) is 1.21. The first-order chi connectivity index (χ1) is 6.88. The van der Waals surface area contributed by atoms with Gasteiger partial charge in [0.1, 0.15) is 6.10 Å². The molecule has 10 atom stereocenters. The van der Waals surface area contributed by atoms with E-state index in [0.717, 1.165) is 11.8 Å². The second kappa shape index (κ2) is 1.37. The maximum absolute atomic E-state index is 11.7. The summed E-state index contributed by atoms with van der Waals surface area (Å²) in [7, 11) is 0. The van der Waals surface area contributed by atoms with Gasteiger partial charge in [0.2, 0.25) is 0 Å². The van der Waals surface area contributed by atoms with Gasteiger partial charge in [0, 0.05) is 17.8 Å². The van der Waals surface area contributed by atoms with E-state index in [0.29, 0.717) is 35.9 Å². The molecule has 7 aliphatic rings. The largest absolute Gasteiger partial charge is 0.461 e.